The Balaban J connectivity index is 1.39. The molecule has 4 rings (SSSR count). The number of amides is 1. The van der Waals surface area contributed by atoms with Crippen molar-refractivity contribution in [2.45, 2.75) is 32.8 Å². The second kappa shape index (κ2) is 12.7. The first-order valence-electron chi connectivity index (χ1n) is 12.3. The maximum atomic E-state index is 14.7. The molecule has 0 spiro atoms. The fourth-order valence-electron chi connectivity index (χ4n) is 3.48. The van der Waals surface area contributed by atoms with Crippen LogP contribution in [0.15, 0.2) is 51.5 Å². The van der Waals surface area contributed by atoms with Gasteiger partial charge in [0.1, 0.15) is 18.2 Å². The third kappa shape index (κ3) is 6.82. The molecule has 0 saturated carbocycles. The van der Waals surface area contributed by atoms with Crippen LogP contribution in [0.3, 0.4) is 0 Å². The number of aromatic nitrogens is 4. The zero-order chi connectivity index (χ0) is 27.8. The third-order valence-corrected chi connectivity index (χ3v) is 5.54. The fraction of sp³-hybridized carbons (Fsp3) is 0.308. The summed E-state index contributed by atoms with van der Waals surface area (Å²) in [7, 11) is 0. The monoisotopic (exact) mass is 538 g/mol. The van der Waals surface area contributed by atoms with E-state index in [1.807, 2.05) is 26.0 Å². The van der Waals surface area contributed by atoms with Crippen molar-refractivity contribution in [3.63, 3.8) is 0 Å². The number of esters is 1. The van der Waals surface area contributed by atoms with Crippen molar-refractivity contribution >= 4 is 11.9 Å². The highest BCUT2D eigenvalue weighted by Crippen LogP contribution is 2.28. The van der Waals surface area contributed by atoms with Crippen LogP contribution in [0.5, 0.6) is 5.75 Å². The van der Waals surface area contributed by atoms with E-state index in [2.05, 4.69) is 25.6 Å². The lowest BCUT2D eigenvalue weighted by Gasteiger charge is -2.13. The number of nitrogens with two attached hydrogens (primary N) is 1. The van der Waals surface area contributed by atoms with Crippen LogP contribution in [0.2, 0.25) is 0 Å². The first-order valence-corrected chi connectivity index (χ1v) is 12.3. The molecule has 2 aromatic carbocycles. The number of ether oxygens (including phenoxy) is 2. The number of aryl methyl sites for hydroxylation is 1. The van der Waals surface area contributed by atoms with E-state index in [1.165, 1.54) is 12.1 Å². The van der Waals surface area contributed by atoms with Crippen molar-refractivity contribution in [2.24, 2.45) is 5.73 Å². The Morgan fingerprint density at radius 3 is 2.41 bits per heavy atom. The van der Waals surface area contributed by atoms with Gasteiger partial charge in [-0.3, -0.25) is 9.59 Å². The molecule has 0 saturated heterocycles. The van der Waals surface area contributed by atoms with E-state index in [1.54, 1.807) is 12.1 Å². The Morgan fingerprint density at radius 2 is 1.74 bits per heavy atom. The lowest BCUT2D eigenvalue weighted by atomic mass is 10.1. The molecule has 3 N–H and O–H groups in total. The Morgan fingerprint density at radius 1 is 1.03 bits per heavy atom. The van der Waals surface area contributed by atoms with Gasteiger partial charge in [0.05, 0.1) is 18.7 Å². The fourth-order valence-corrected chi connectivity index (χ4v) is 3.48. The van der Waals surface area contributed by atoms with Gasteiger partial charge in [0.15, 0.2) is 6.10 Å². The van der Waals surface area contributed by atoms with Crippen molar-refractivity contribution in [3.05, 3.63) is 65.6 Å². The van der Waals surface area contributed by atoms with E-state index >= 15 is 0 Å². The average Bonchev–Trinajstić information content (AvgIpc) is 3.64. The van der Waals surface area contributed by atoms with E-state index < -0.39 is 23.8 Å². The summed E-state index contributed by atoms with van der Waals surface area (Å²) in [5.41, 5.74) is 6.06. The number of hydrogen-bond donors (Lipinski definition) is 2. The van der Waals surface area contributed by atoms with Gasteiger partial charge in [-0.1, -0.05) is 30.2 Å². The number of carbonyl (C=O) groups excluding carboxylic acids is 2. The predicted octanol–water partition coefficient (Wildman–Crippen LogP) is 3.25. The molecule has 1 atom stereocenters. The van der Waals surface area contributed by atoms with E-state index in [-0.39, 0.29) is 37.0 Å². The maximum absolute atomic E-state index is 14.7. The quantitative estimate of drug-likeness (QED) is 0.201. The molecule has 0 aliphatic rings. The smallest absolute Gasteiger partial charge is 0.319 e. The number of halogens is 1. The Bertz CT molecular complexity index is 1420. The van der Waals surface area contributed by atoms with Gasteiger partial charge in [-0.25, -0.2) is 4.39 Å². The van der Waals surface area contributed by atoms with Crippen LogP contribution in [0, 0.1) is 5.82 Å². The maximum Gasteiger partial charge on any atom is 0.319 e. The van der Waals surface area contributed by atoms with Crippen LogP contribution in [0.25, 0.3) is 22.8 Å². The van der Waals surface area contributed by atoms with Gasteiger partial charge in [0, 0.05) is 17.5 Å². The standard InChI is InChI=1S/C26H27FN6O6/c1-3-20(37-17-8-5-15(6-9-17)23-30-21(4-2)38-32-23)26-31-24(33-39-26)16-7-10-18(19(27)13-16)25(35)29-11-12-36-22(34)14-28/h5-10,13,20H,3-4,11-12,14,28H2,1-2H3,(H,29,35). The highest BCUT2D eigenvalue weighted by Gasteiger charge is 2.21. The summed E-state index contributed by atoms with van der Waals surface area (Å²) in [5.74, 6) is -0.0384. The number of nitrogens with zero attached hydrogens (tertiary/aromatic N) is 4. The van der Waals surface area contributed by atoms with Gasteiger partial charge in [-0.15, -0.1) is 0 Å². The number of benzene rings is 2. The van der Waals surface area contributed by atoms with Crippen LogP contribution >= 0.6 is 0 Å². The van der Waals surface area contributed by atoms with Gasteiger partial charge in [0.2, 0.25) is 17.5 Å². The van der Waals surface area contributed by atoms with Gasteiger partial charge < -0.3 is 29.6 Å². The molecule has 1 unspecified atom stereocenters. The molecule has 0 bridgehead atoms. The minimum atomic E-state index is -0.772. The van der Waals surface area contributed by atoms with Gasteiger partial charge in [0.25, 0.3) is 11.8 Å². The molecule has 39 heavy (non-hydrogen) atoms. The van der Waals surface area contributed by atoms with Crippen LogP contribution in [-0.2, 0) is 16.0 Å². The van der Waals surface area contributed by atoms with Crippen molar-refractivity contribution in [1.82, 2.24) is 25.6 Å². The molecule has 0 radical (unpaired) electrons. The van der Waals surface area contributed by atoms with Crippen LogP contribution < -0.4 is 15.8 Å². The van der Waals surface area contributed by atoms with E-state index in [0.717, 1.165) is 11.6 Å². The Hall–Kier alpha value is -4.65. The SMILES string of the molecule is CCc1nc(-c2ccc(OC(CC)c3nc(-c4ccc(C(=O)NCCOC(=O)CN)c(F)c4)no3)cc2)no1. The topological polar surface area (TPSA) is 168 Å². The van der Waals surface area contributed by atoms with E-state index in [0.29, 0.717) is 35.9 Å². The van der Waals surface area contributed by atoms with Gasteiger partial charge in [-0.2, -0.15) is 9.97 Å². The number of nitrogens with one attached hydrogen (secondary N) is 1. The minimum absolute atomic E-state index is 0.0119. The minimum Gasteiger partial charge on any atom is -0.481 e. The Kier molecular flexibility index (Phi) is 8.94. The van der Waals surface area contributed by atoms with Crippen molar-refractivity contribution < 1.29 is 32.5 Å². The zero-order valence-electron chi connectivity index (χ0n) is 21.3. The molecule has 0 aliphatic carbocycles. The zero-order valence-corrected chi connectivity index (χ0v) is 21.3. The summed E-state index contributed by atoms with van der Waals surface area (Å²) in [6.07, 6.45) is 0.639. The number of hydrogen-bond acceptors (Lipinski definition) is 11. The average molecular weight is 539 g/mol. The number of rotatable bonds is 12. The van der Waals surface area contributed by atoms with Crippen LogP contribution in [0.4, 0.5) is 4.39 Å². The molecule has 2 aromatic heterocycles. The predicted molar refractivity (Wildman–Crippen MR) is 135 cm³/mol. The van der Waals surface area contributed by atoms with Gasteiger partial charge in [-0.05, 0) is 42.8 Å². The summed E-state index contributed by atoms with van der Waals surface area (Å²) in [6.45, 7) is 3.51. The molecular formula is C26H27FN6O6. The Labute approximate surface area is 222 Å². The summed E-state index contributed by atoms with van der Waals surface area (Å²) in [5, 5.41) is 10.4. The molecule has 0 aliphatic heterocycles. The second-order valence-electron chi connectivity index (χ2n) is 8.24. The molecule has 12 nitrogen and oxygen atoms in total. The molecule has 13 heteroatoms. The lowest BCUT2D eigenvalue weighted by molar-refractivity contribution is -0.141. The molecule has 0 fully saturated rings. The van der Waals surface area contributed by atoms with Gasteiger partial charge >= 0.3 is 5.97 Å². The van der Waals surface area contributed by atoms with Crippen molar-refractivity contribution in [3.8, 4) is 28.5 Å². The molecule has 1 amide bonds. The van der Waals surface area contributed by atoms with Crippen LogP contribution in [0.1, 0.15) is 48.5 Å². The third-order valence-electron chi connectivity index (χ3n) is 5.54. The highest BCUT2D eigenvalue weighted by molar-refractivity contribution is 5.94. The van der Waals surface area contributed by atoms with E-state index in [4.69, 9.17) is 24.3 Å². The molecule has 204 valence electrons. The number of carbonyl (C=O) groups is 2. The molecule has 4 aromatic rings. The first-order chi connectivity index (χ1) is 18.9. The highest BCUT2D eigenvalue weighted by atomic mass is 19.1. The second-order valence-corrected chi connectivity index (χ2v) is 8.24. The van der Waals surface area contributed by atoms with Crippen molar-refractivity contribution in [1.29, 1.82) is 0 Å². The van der Waals surface area contributed by atoms with Crippen LogP contribution in [-0.4, -0.2) is 51.9 Å². The summed E-state index contributed by atoms with van der Waals surface area (Å²) >= 11 is 0. The summed E-state index contributed by atoms with van der Waals surface area (Å²) in [6, 6.07) is 11.1. The largest absolute Gasteiger partial charge is 0.481 e. The normalized spacial score (nSPS) is 11.7. The summed E-state index contributed by atoms with van der Waals surface area (Å²) in [4.78, 5) is 32.0. The molecular weight excluding hydrogens is 511 g/mol. The lowest BCUT2D eigenvalue weighted by Crippen LogP contribution is -2.29. The first kappa shape index (κ1) is 27.4. The summed E-state index contributed by atoms with van der Waals surface area (Å²) < 4.78 is 36.0. The van der Waals surface area contributed by atoms with E-state index in [9.17, 15) is 14.0 Å². The van der Waals surface area contributed by atoms with Crippen molar-refractivity contribution in [2.75, 3.05) is 19.7 Å². The molecule has 2 heterocycles.